The predicted octanol–water partition coefficient (Wildman–Crippen LogP) is 3.16. The maximum atomic E-state index is 11.8. The molecule has 0 saturated carbocycles. The molecule has 23 heavy (non-hydrogen) atoms. The Morgan fingerprint density at radius 1 is 1.22 bits per heavy atom. The van der Waals surface area contributed by atoms with Gasteiger partial charge in [-0.25, -0.2) is 4.98 Å². The van der Waals surface area contributed by atoms with Crippen LogP contribution in [0.2, 0.25) is 0 Å². The Morgan fingerprint density at radius 2 is 2.00 bits per heavy atom. The molecule has 2 aromatic rings. The highest BCUT2D eigenvalue weighted by molar-refractivity contribution is 8.01. The first-order valence-electron chi connectivity index (χ1n) is 7.05. The van der Waals surface area contributed by atoms with Crippen LogP contribution in [0.5, 0.6) is 0 Å². The summed E-state index contributed by atoms with van der Waals surface area (Å²) in [5, 5.41) is 16.2. The third-order valence-corrected chi connectivity index (χ3v) is 5.45. The fourth-order valence-electron chi connectivity index (χ4n) is 1.53. The molecule has 0 spiro atoms. The number of rotatable bonds is 8. The lowest BCUT2D eigenvalue weighted by Crippen LogP contribution is -2.13. The molecule has 7 nitrogen and oxygen atoms in total. The maximum absolute atomic E-state index is 11.8. The number of thioether (sulfide) groups is 1. The molecule has 2 heterocycles. The zero-order chi connectivity index (χ0) is 16.7. The predicted molar refractivity (Wildman–Crippen MR) is 94.3 cm³/mol. The van der Waals surface area contributed by atoms with Gasteiger partial charge in [0, 0.05) is 11.8 Å². The van der Waals surface area contributed by atoms with Crippen LogP contribution in [0, 0.1) is 6.92 Å². The summed E-state index contributed by atoms with van der Waals surface area (Å²) in [4.78, 5) is 27.6. The highest BCUT2D eigenvalue weighted by atomic mass is 32.2. The van der Waals surface area contributed by atoms with E-state index < -0.39 is 0 Å². The number of aryl methyl sites for hydroxylation is 1. The minimum absolute atomic E-state index is 0.0589. The first-order valence-corrected chi connectivity index (χ1v) is 9.73. The van der Waals surface area contributed by atoms with Crippen LogP contribution in [0.1, 0.15) is 31.9 Å². The molecule has 0 fully saturated rings. The summed E-state index contributed by atoms with van der Waals surface area (Å²) in [6.45, 7) is 3.91. The second kappa shape index (κ2) is 8.94. The number of thiazole rings is 1. The van der Waals surface area contributed by atoms with Crippen molar-refractivity contribution in [2.45, 2.75) is 37.4 Å². The quantitative estimate of drug-likeness (QED) is 0.546. The number of carbonyl (C=O) groups is 2. The van der Waals surface area contributed by atoms with Gasteiger partial charge >= 0.3 is 0 Å². The molecule has 0 aromatic carbocycles. The third-order valence-electron chi connectivity index (χ3n) is 2.60. The normalized spacial score (nSPS) is 10.5. The number of unbranched alkanes of at least 4 members (excludes halogenated alkanes) is 1. The molecule has 0 aliphatic carbocycles. The lowest BCUT2D eigenvalue weighted by Gasteiger charge is -1.99. The minimum Gasteiger partial charge on any atom is -0.301 e. The summed E-state index contributed by atoms with van der Waals surface area (Å²) >= 11 is 3.93. The van der Waals surface area contributed by atoms with Crippen LogP contribution < -0.4 is 10.6 Å². The lowest BCUT2D eigenvalue weighted by atomic mass is 10.2. The van der Waals surface area contributed by atoms with E-state index in [9.17, 15) is 9.59 Å². The van der Waals surface area contributed by atoms with Gasteiger partial charge in [0.05, 0.1) is 11.4 Å². The number of carbonyl (C=O) groups excluding carboxylic acids is 2. The van der Waals surface area contributed by atoms with Crippen molar-refractivity contribution in [1.29, 1.82) is 0 Å². The standard InChI is InChI=1S/C13H17N5O2S3/c1-3-4-5-9(19)15-12-17-18-13(23-12)22-7-10(20)16-11-14-8(2)6-21-11/h6H,3-5,7H2,1-2H3,(H,14,16,20)(H,15,17,19). The molecule has 0 radical (unpaired) electrons. The van der Waals surface area contributed by atoms with Crippen LogP contribution in [-0.2, 0) is 9.59 Å². The average Bonchev–Trinajstić information content (AvgIpc) is 3.12. The van der Waals surface area contributed by atoms with Gasteiger partial charge in [-0.05, 0) is 13.3 Å². The number of aromatic nitrogens is 3. The van der Waals surface area contributed by atoms with E-state index in [1.54, 1.807) is 0 Å². The number of amides is 2. The van der Waals surface area contributed by atoms with Crippen molar-refractivity contribution in [3.05, 3.63) is 11.1 Å². The molecule has 0 atom stereocenters. The van der Waals surface area contributed by atoms with Crippen LogP contribution in [0.15, 0.2) is 9.72 Å². The second-order valence-corrected chi connectivity index (χ2v) is 7.71. The van der Waals surface area contributed by atoms with Crippen molar-refractivity contribution in [1.82, 2.24) is 15.2 Å². The smallest absolute Gasteiger partial charge is 0.236 e. The van der Waals surface area contributed by atoms with Crippen molar-refractivity contribution in [3.8, 4) is 0 Å². The van der Waals surface area contributed by atoms with Gasteiger partial charge in [0.15, 0.2) is 9.47 Å². The van der Waals surface area contributed by atoms with E-state index in [0.29, 0.717) is 21.0 Å². The van der Waals surface area contributed by atoms with Gasteiger partial charge in [-0.3, -0.25) is 9.59 Å². The SMILES string of the molecule is CCCCC(=O)Nc1nnc(SCC(=O)Nc2nc(C)cs2)s1. The zero-order valence-electron chi connectivity index (χ0n) is 12.8. The molecule has 10 heteroatoms. The molecule has 0 bridgehead atoms. The Kier molecular flexibility index (Phi) is 6.93. The zero-order valence-corrected chi connectivity index (χ0v) is 15.2. The summed E-state index contributed by atoms with van der Waals surface area (Å²) in [7, 11) is 0. The molecule has 2 rings (SSSR count). The lowest BCUT2D eigenvalue weighted by molar-refractivity contribution is -0.116. The Bertz CT molecular complexity index is 670. The fourth-order valence-corrected chi connectivity index (χ4v) is 3.80. The van der Waals surface area contributed by atoms with Crippen molar-refractivity contribution < 1.29 is 9.59 Å². The molecule has 0 saturated heterocycles. The number of nitrogens with one attached hydrogen (secondary N) is 2. The third kappa shape index (κ3) is 6.24. The Balaban J connectivity index is 1.75. The van der Waals surface area contributed by atoms with Crippen molar-refractivity contribution in [2.75, 3.05) is 16.4 Å². The molecular weight excluding hydrogens is 354 g/mol. The van der Waals surface area contributed by atoms with Gasteiger partial charge in [0.25, 0.3) is 0 Å². The van der Waals surface area contributed by atoms with Gasteiger partial charge in [-0.2, -0.15) is 0 Å². The first-order chi connectivity index (χ1) is 11.1. The van der Waals surface area contributed by atoms with E-state index in [2.05, 4.69) is 25.8 Å². The summed E-state index contributed by atoms with van der Waals surface area (Å²) in [5.41, 5.74) is 0.880. The minimum atomic E-state index is -0.145. The molecule has 0 unspecified atom stereocenters. The number of hydrogen-bond donors (Lipinski definition) is 2. The van der Waals surface area contributed by atoms with Gasteiger partial charge in [0.1, 0.15) is 0 Å². The molecule has 0 aliphatic heterocycles. The first kappa shape index (κ1) is 17.8. The number of anilines is 2. The van der Waals surface area contributed by atoms with Crippen LogP contribution in [0.4, 0.5) is 10.3 Å². The molecule has 124 valence electrons. The average molecular weight is 372 g/mol. The molecular formula is C13H17N5O2S3. The number of hydrogen-bond acceptors (Lipinski definition) is 8. The topological polar surface area (TPSA) is 96.9 Å². The van der Waals surface area contributed by atoms with E-state index >= 15 is 0 Å². The van der Waals surface area contributed by atoms with E-state index in [1.165, 1.54) is 34.4 Å². The van der Waals surface area contributed by atoms with Gasteiger partial charge in [-0.1, -0.05) is 36.4 Å². The summed E-state index contributed by atoms with van der Waals surface area (Å²) in [5.74, 6) is 0.0151. The maximum Gasteiger partial charge on any atom is 0.236 e. The van der Waals surface area contributed by atoms with Crippen LogP contribution >= 0.6 is 34.4 Å². The van der Waals surface area contributed by atoms with Crippen molar-refractivity contribution in [3.63, 3.8) is 0 Å². The Hall–Kier alpha value is -1.52. The van der Waals surface area contributed by atoms with E-state index in [0.717, 1.165) is 18.5 Å². The van der Waals surface area contributed by atoms with Crippen LogP contribution in [0.25, 0.3) is 0 Å². The van der Waals surface area contributed by atoms with Gasteiger partial charge in [-0.15, -0.1) is 21.5 Å². The summed E-state index contributed by atoms with van der Waals surface area (Å²) < 4.78 is 0.640. The van der Waals surface area contributed by atoms with Gasteiger partial charge < -0.3 is 10.6 Å². The van der Waals surface area contributed by atoms with E-state index in [4.69, 9.17) is 0 Å². The Morgan fingerprint density at radius 3 is 2.70 bits per heavy atom. The monoisotopic (exact) mass is 371 g/mol. The van der Waals surface area contributed by atoms with Crippen LogP contribution in [0.3, 0.4) is 0 Å². The fraction of sp³-hybridized carbons (Fsp3) is 0.462. The molecule has 2 amide bonds. The summed E-state index contributed by atoms with van der Waals surface area (Å²) in [6, 6.07) is 0. The van der Waals surface area contributed by atoms with E-state index in [1.807, 2.05) is 19.2 Å². The Labute approximate surface area is 146 Å². The largest absolute Gasteiger partial charge is 0.301 e. The highest BCUT2D eigenvalue weighted by Crippen LogP contribution is 2.26. The van der Waals surface area contributed by atoms with Crippen LogP contribution in [-0.4, -0.2) is 32.7 Å². The van der Waals surface area contributed by atoms with Crippen molar-refractivity contribution >= 4 is 56.5 Å². The second-order valence-electron chi connectivity index (χ2n) is 4.66. The number of nitrogens with zero attached hydrogens (tertiary/aromatic N) is 3. The van der Waals surface area contributed by atoms with E-state index in [-0.39, 0.29) is 17.6 Å². The molecule has 2 N–H and O–H groups in total. The van der Waals surface area contributed by atoms with Crippen molar-refractivity contribution in [2.24, 2.45) is 0 Å². The van der Waals surface area contributed by atoms with Gasteiger partial charge in [0.2, 0.25) is 16.9 Å². The molecule has 2 aromatic heterocycles. The summed E-state index contributed by atoms with van der Waals surface area (Å²) in [6.07, 6.45) is 2.30. The molecule has 0 aliphatic rings. The highest BCUT2D eigenvalue weighted by Gasteiger charge is 2.11.